The van der Waals surface area contributed by atoms with E-state index in [0.29, 0.717) is 0 Å². The van der Waals surface area contributed by atoms with Crippen LogP contribution in [0.4, 0.5) is 0 Å². The molecule has 0 nitrogen and oxygen atoms in total. The fourth-order valence-electron chi connectivity index (χ4n) is 1.36. The van der Waals surface area contributed by atoms with Crippen LogP contribution < -0.4 is 0 Å². The van der Waals surface area contributed by atoms with E-state index in [2.05, 4.69) is 51.0 Å². The van der Waals surface area contributed by atoms with E-state index in [1.54, 1.807) is 0 Å². The lowest BCUT2D eigenvalue weighted by atomic mass is 9.86. The maximum atomic E-state index is 7.07. The van der Waals surface area contributed by atoms with Crippen LogP contribution in [0.5, 0.6) is 0 Å². The van der Waals surface area contributed by atoms with Crippen LogP contribution in [-0.2, 0) is 5.41 Å². The third-order valence-corrected chi connectivity index (χ3v) is 2.49. The van der Waals surface area contributed by atoms with Crippen LogP contribution in [-0.4, -0.2) is 0 Å². The van der Waals surface area contributed by atoms with Crippen molar-refractivity contribution in [2.24, 2.45) is 0 Å². The van der Waals surface area contributed by atoms with Crippen molar-refractivity contribution in [2.45, 2.75) is 39.0 Å². The van der Waals surface area contributed by atoms with Crippen molar-refractivity contribution in [3.8, 4) is 5.92 Å². The molecule has 0 N–H and O–H groups in total. The molecule has 1 unspecified atom stereocenters. The Bertz CT molecular complexity index is 330. The van der Waals surface area contributed by atoms with E-state index >= 15 is 0 Å². The summed E-state index contributed by atoms with van der Waals surface area (Å²) in [5.74, 6) is 2.59. The van der Waals surface area contributed by atoms with E-state index < -0.39 is 0 Å². The highest BCUT2D eigenvalue weighted by molar-refractivity contribution is 5.31. The summed E-state index contributed by atoms with van der Waals surface area (Å²) in [5, 5.41) is 0. The van der Waals surface area contributed by atoms with Crippen LogP contribution >= 0.6 is 0 Å². The van der Waals surface area contributed by atoms with Crippen molar-refractivity contribution in [1.29, 1.82) is 0 Å². The van der Waals surface area contributed by atoms with Gasteiger partial charge in [0.05, 0.1) is 0 Å². The van der Waals surface area contributed by atoms with Crippen LogP contribution in [0.2, 0.25) is 0 Å². The smallest absolute Gasteiger partial charge is 0.0434 e. The first-order valence-electron chi connectivity index (χ1n) is 4.98. The first kappa shape index (κ1) is 10.9. The fourth-order valence-corrected chi connectivity index (χ4v) is 1.36. The highest BCUT2D eigenvalue weighted by Crippen LogP contribution is 2.24. The lowest BCUT2D eigenvalue weighted by Crippen LogP contribution is -2.10. The van der Waals surface area contributed by atoms with Gasteiger partial charge in [-0.3, -0.25) is 0 Å². The third kappa shape index (κ3) is 2.39. The third-order valence-electron chi connectivity index (χ3n) is 2.49. The lowest BCUT2D eigenvalue weighted by molar-refractivity contribution is 0.590. The molecule has 1 aromatic rings. The molecule has 1 rings (SSSR count). The summed E-state index contributed by atoms with van der Waals surface area (Å²) in [6.07, 6.45) is 7.07. The van der Waals surface area contributed by atoms with Gasteiger partial charge in [-0.15, -0.1) is 0 Å². The van der Waals surface area contributed by atoms with Gasteiger partial charge >= 0.3 is 0 Å². The Morgan fingerprint density at radius 3 is 2.00 bits per heavy atom. The summed E-state index contributed by atoms with van der Waals surface area (Å²) in [7, 11) is 0. The van der Waals surface area contributed by atoms with Crippen LogP contribution in [0.15, 0.2) is 24.3 Å². The second-order valence-corrected chi connectivity index (χ2v) is 4.74. The van der Waals surface area contributed by atoms with Crippen molar-refractivity contribution in [1.82, 2.24) is 0 Å². The molecule has 0 spiro atoms. The second kappa shape index (κ2) is 3.88. The molecule has 0 heteroatoms. The van der Waals surface area contributed by atoms with Gasteiger partial charge in [-0.05, 0) is 29.9 Å². The minimum absolute atomic E-state index is 0.101. The maximum Gasteiger partial charge on any atom is 0.0434 e. The Morgan fingerprint density at radius 2 is 1.64 bits per heavy atom. The molecule has 0 bridgehead atoms. The van der Waals surface area contributed by atoms with Gasteiger partial charge in [0.1, 0.15) is 0 Å². The minimum atomic E-state index is 0.101. The van der Waals surface area contributed by atoms with Gasteiger partial charge in [0.15, 0.2) is 0 Å². The van der Waals surface area contributed by atoms with Crippen molar-refractivity contribution in [2.75, 3.05) is 0 Å². The van der Waals surface area contributed by atoms with E-state index in [1.165, 1.54) is 5.56 Å². The molecule has 1 aromatic carbocycles. The zero-order valence-corrected chi connectivity index (χ0v) is 9.39. The topological polar surface area (TPSA) is 0 Å². The highest BCUT2D eigenvalue weighted by Gasteiger charge is 2.13. The average molecular weight is 185 g/mol. The first-order valence-corrected chi connectivity index (χ1v) is 4.98. The fraction of sp³-hybridized carbons (Fsp3) is 0.429. The summed E-state index contributed by atoms with van der Waals surface area (Å²) in [6, 6.07) is 8.46. The van der Waals surface area contributed by atoms with Gasteiger partial charge in [0.25, 0.3) is 0 Å². The Balaban J connectivity index is 2.96. The molecule has 0 aliphatic heterocycles. The van der Waals surface area contributed by atoms with Gasteiger partial charge in [0, 0.05) is 5.92 Å². The van der Waals surface area contributed by atoms with Crippen LogP contribution in [0.3, 0.4) is 0 Å². The minimum Gasteiger partial charge on any atom is -0.0812 e. The Kier molecular flexibility index (Phi) is 3.01. The van der Waals surface area contributed by atoms with Crippen molar-refractivity contribution in [3.63, 3.8) is 0 Å². The van der Waals surface area contributed by atoms with Gasteiger partial charge in [-0.1, -0.05) is 51.0 Å². The molecular weight excluding hydrogens is 168 g/mol. The monoisotopic (exact) mass is 185 g/mol. The van der Waals surface area contributed by atoms with Gasteiger partial charge in [-0.25, -0.2) is 0 Å². The second-order valence-electron chi connectivity index (χ2n) is 4.74. The summed E-state index contributed by atoms with van der Waals surface area (Å²) >= 11 is 0. The van der Waals surface area contributed by atoms with Gasteiger partial charge in [0.2, 0.25) is 0 Å². The summed E-state index contributed by atoms with van der Waals surface area (Å²) in [5.41, 5.74) is 2.70. The first-order chi connectivity index (χ1) is 6.45. The van der Waals surface area contributed by atoms with Crippen molar-refractivity contribution in [3.05, 3.63) is 41.8 Å². The van der Waals surface area contributed by atoms with E-state index in [1.807, 2.05) is 6.92 Å². The molecule has 1 atom stereocenters. The normalized spacial score (nSPS) is 13.4. The number of rotatable bonds is 1. The van der Waals surface area contributed by atoms with Gasteiger partial charge in [-0.2, -0.15) is 0 Å². The zero-order valence-electron chi connectivity index (χ0n) is 9.39. The summed E-state index contributed by atoms with van der Waals surface area (Å²) < 4.78 is 0. The molecule has 0 fully saturated rings. The standard InChI is InChI=1S/C14H17/c1-6-11(2)12-7-9-13(10-8-12)14(3,4)5/h7-11H,2-5H3. The Labute approximate surface area is 87.4 Å². The summed E-state index contributed by atoms with van der Waals surface area (Å²) in [4.78, 5) is 0. The molecule has 0 heterocycles. The summed E-state index contributed by atoms with van der Waals surface area (Å²) in [6.45, 7) is 8.59. The van der Waals surface area contributed by atoms with E-state index in [9.17, 15) is 0 Å². The molecule has 1 radical (unpaired) electrons. The van der Waals surface area contributed by atoms with E-state index in [-0.39, 0.29) is 11.3 Å². The highest BCUT2D eigenvalue weighted by atomic mass is 14.2. The van der Waals surface area contributed by atoms with Crippen LogP contribution in [0.1, 0.15) is 44.7 Å². The molecule has 73 valence electrons. The maximum absolute atomic E-state index is 7.07. The predicted molar refractivity (Wildman–Crippen MR) is 60.7 cm³/mol. The van der Waals surface area contributed by atoms with Crippen molar-refractivity contribution < 1.29 is 0 Å². The van der Waals surface area contributed by atoms with E-state index in [0.717, 1.165) is 5.56 Å². The Morgan fingerprint density at radius 1 is 1.14 bits per heavy atom. The molecule has 0 aliphatic rings. The van der Waals surface area contributed by atoms with Crippen LogP contribution in [0.25, 0.3) is 0 Å². The zero-order chi connectivity index (χ0) is 10.8. The predicted octanol–water partition coefficient (Wildman–Crippen LogP) is 3.68. The molecule has 0 saturated heterocycles. The van der Waals surface area contributed by atoms with Crippen LogP contribution in [0, 0.1) is 12.3 Å². The molecule has 0 amide bonds. The SMILES string of the molecule is [C]#CC(C)c1ccc(C(C)(C)C)cc1. The molecule has 0 saturated carbocycles. The average Bonchev–Trinajstić information content (AvgIpc) is 2.15. The van der Waals surface area contributed by atoms with Gasteiger partial charge < -0.3 is 0 Å². The lowest BCUT2D eigenvalue weighted by Gasteiger charge is -2.19. The molecular formula is C14H17. The van der Waals surface area contributed by atoms with E-state index in [4.69, 9.17) is 6.42 Å². The quantitative estimate of drug-likeness (QED) is 0.585. The molecule has 14 heavy (non-hydrogen) atoms. The van der Waals surface area contributed by atoms with Crippen molar-refractivity contribution >= 4 is 0 Å². The molecule has 0 aliphatic carbocycles. The number of hydrogen-bond acceptors (Lipinski definition) is 0. The Hall–Kier alpha value is -1.22. The number of benzene rings is 1. The molecule has 0 aromatic heterocycles. The number of hydrogen-bond donors (Lipinski definition) is 0. The largest absolute Gasteiger partial charge is 0.0812 e.